The van der Waals surface area contributed by atoms with Gasteiger partial charge in [-0.15, -0.1) is 0 Å². The van der Waals surface area contributed by atoms with Crippen LogP contribution in [0.4, 0.5) is 0 Å². The van der Waals surface area contributed by atoms with Crippen LogP contribution in [-0.2, 0) is 0 Å². The van der Waals surface area contributed by atoms with Crippen molar-refractivity contribution in [1.29, 1.82) is 0 Å². The van der Waals surface area contributed by atoms with E-state index in [0.29, 0.717) is 5.82 Å². The lowest BCUT2D eigenvalue weighted by molar-refractivity contribution is 0.190. The number of aliphatic hydroxyl groups is 1. The van der Waals surface area contributed by atoms with Crippen LogP contribution in [0.15, 0.2) is 36.7 Å². The molecular formula is C15H15N3O2. The van der Waals surface area contributed by atoms with Crippen LogP contribution in [0.25, 0.3) is 22.2 Å². The topological polar surface area (TPSA) is 71.0 Å². The van der Waals surface area contributed by atoms with Gasteiger partial charge >= 0.3 is 0 Å². The molecule has 0 aliphatic rings. The maximum absolute atomic E-state index is 9.56. The fourth-order valence-corrected chi connectivity index (χ4v) is 2.10. The highest BCUT2D eigenvalue weighted by atomic mass is 16.5. The van der Waals surface area contributed by atoms with Gasteiger partial charge in [0.2, 0.25) is 0 Å². The van der Waals surface area contributed by atoms with E-state index in [4.69, 9.17) is 4.74 Å². The number of benzene rings is 1. The summed E-state index contributed by atoms with van der Waals surface area (Å²) in [7, 11) is 1.62. The molecule has 0 aliphatic carbocycles. The standard InChI is InChI=1S/C15H15N3O2/c1-9(19)15-17-13-4-3-10(6-14(13)18-15)11-5-12(20-2)8-16-7-11/h3-9,19H,1-2H3,(H,17,18). The van der Waals surface area contributed by atoms with Gasteiger partial charge in [-0.3, -0.25) is 4.98 Å². The van der Waals surface area contributed by atoms with Gasteiger partial charge in [-0.25, -0.2) is 4.98 Å². The van der Waals surface area contributed by atoms with Crippen molar-refractivity contribution >= 4 is 11.0 Å². The van der Waals surface area contributed by atoms with Crippen molar-refractivity contribution in [3.05, 3.63) is 42.5 Å². The molecule has 3 aromatic rings. The van der Waals surface area contributed by atoms with Crippen molar-refractivity contribution in [2.24, 2.45) is 0 Å². The fourth-order valence-electron chi connectivity index (χ4n) is 2.10. The third-order valence-electron chi connectivity index (χ3n) is 3.18. The number of aliphatic hydroxyl groups excluding tert-OH is 1. The van der Waals surface area contributed by atoms with Gasteiger partial charge in [-0.1, -0.05) is 6.07 Å². The second kappa shape index (κ2) is 4.94. The van der Waals surface area contributed by atoms with Crippen molar-refractivity contribution in [2.45, 2.75) is 13.0 Å². The van der Waals surface area contributed by atoms with Crippen LogP contribution in [0.3, 0.4) is 0 Å². The Bertz CT molecular complexity index is 750. The minimum absolute atomic E-state index is 0.570. The number of ether oxygens (including phenoxy) is 1. The van der Waals surface area contributed by atoms with Crippen LogP contribution in [0.5, 0.6) is 5.75 Å². The molecule has 2 aromatic heterocycles. The molecule has 20 heavy (non-hydrogen) atoms. The summed E-state index contributed by atoms with van der Waals surface area (Å²) in [5.74, 6) is 1.29. The predicted molar refractivity (Wildman–Crippen MR) is 76.5 cm³/mol. The van der Waals surface area contributed by atoms with Crippen LogP contribution in [0.2, 0.25) is 0 Å². The second-order valence-electron chi connectivity index (χ2n) is 4.64. The van der Waals surface area contributed by atoms with Crippen molar-refractivity contribution in [3.8, 4) is 16.9 Å². The van der Waals surface area contributed by atoms with Crippen molar-refractivity contribution in [1.82, 2.24) is 15.0 Å². The molecule has 1 atom stereocenters. The van der Waals surface area contributed by atoms with E-state index in [9.17, 15) is 5.11 Å². The van der Waals surface area contributed by atoms with Crippen molar-refractivity contribution in [2.75, 3.05) is 7.11 Å². The molecule has 0 spiro atoms. The Morgan fingerprint density at radius 2 is 2.05 bits per heavy atom. The normalized spacial score (nSPS) is 12.6. The van der Waals surface area contributed by atoms with Crippen LogP contribution in [0.1, 0.15) is 18.9 Å². The Hall–Kier alpha value is -2.40. The Balaban J connectivity index is 2.07. The van der Waals surface area contributed by atoms with Gasteiger partial charge < -0.3 is 14.8 Å². The average Bonchev–Trinajstić information content (AvgIpc) is 2.90. The molecule has 0 bridgehead atoms. The summed E-state index contributed by atoms with van der Waals surface area (Å²) in [6.45, 7) is 1.69. The smallest absolute Gasteiger partial charge is 0.137 e. The zero-order chi connectivity index (χ0) is 14.1. The van der Waals surface area contributed by atoms with Gasteiger partial charge in [-0.05, 0) is 30.7 Å². The van der Waals surface area contributed by atoms with Gasteiger partial charge in [0.15, 0.2) is 0 Å². The number of aromatic amines is 1. The molecule has 0 saturated heterocycles. The highest BCUT2D eigenvalue weighted by molar-refractivity contribution is 5.82. The van der Waals surface area contributed by atoms with Crippen LogP contribution < -0.4 is 4.74 Å². The summed E-state index contributed by atoms with van der Waals surface area (Å²) in [6.07, 6.45) is 2.85. The van der Waals surface area contributed by atoms with Crippen molar-refractivity contribution < 1.29 is 9.84 Å². The number of hydrogen-bond donors (Lipinski definition) is 2. The van der Waals surface area contributed by atoms with Gasteiger partial charge in [0.25, 0.3) is 0 Å². The molecule has 0 amide bonds. The van der Waals surface area contributed by atoms with Crippen LogP contribution in [0, 0.1) is 0 Å². The van der Waals surface area contributed by atoms with E-state index in [2.05, 4.69) is 15.0 Å². The number of hydrogen-bond acceptors (Lipinski definition) is 4. The summed E-state index contributed by atoms with van der Waals surface area (Å²) < 4.78 is 5.18. The molecule has 5 heteroatoms. The maximum atomic E-state index is 9.56. The predicted octanol–water partition coefficient (Wildman–Crippen LogP) is 2.69. The number of nitrogens with zero attached hydrogens (tertiary/aromatic N) is 2. The molecule has 5 nitrogen and oxygen atoms in total. The van der Waals surface area contributed by atoms with E-state index in [0.717, 1.165) is 27.9 Å². The van der Waals surface area contributed by atoms with Gasteiger partial charge in [0.05, 0.1) is 24.3 Å². The third-order valence-corrected chi connectivity index (χ3v) is 3.18. The molecule has 0 radical (unpaired) electrons. The Morgan fingerprint density at radius 1 is 1.20 bits per heavy atom. The first kappa shape index (κ1) is 12.6. The van der Waals surface area contributed by atoms with Gasteiger partial charge in [0, 0.05) is 11.8 Å². The number of nitrogens with one attached hydrogen (secondary N) is 1. The number of H-pyrrole nitrogens is 1. The Labute approximate surface area is 116 Å². The molecule has 1 aromatic carbocycles. The highest BCUT2D eigenvalue weighted by Gasteiger charge is 2.09. The summed E-state index contributed by atoms with van der Waals surface area (Å²) in [4.78, 5) is 11.6. The summed E-state index contributed by atoms with van der Waals surface area (Å²) in [5.41, 5.74) is 3.71. The number of aromatic nitrogens is 3. The minimum Gasteiger partial charge on any atom is -0.495 e. The Morgan fingerprint density at radius 3 is 2.80 bits per heavy atom. The SMILES string of the molecule is COc1cncc(-c2ccc3nc(C(C)O)[nH]c3c2)c1. The van der Waals surface area contributed by atoms with Gasteiger partial charge in [-0.2, -0.15) is 0 Å². The zero-order valence-corrected chi connectivity index (χ0v) is 11.3. The number of rotatable bonds is 3. The van der Waals surface area contributed by atoms with E-state index >= 15 is 0 Å². The van der Waals surface area contributed by atoms with E-state index in [-0.39, 0.29) is 0 Å². The van der Waals surface area contributed by atoms with E-state index in [1.165, 1.54) is 0 Å². The summed E-state index contributed by atoms with van der Waals surface area (Å²) in [5, 5.41) is 9.56. The lowest BCUT2D eigenvalue weighted by atomic mass is 10.1. The number of imidazole rings is 1. The fraction of sp³-hybridized carbons (Fsp3) is 0.200. The molecular weight excluding hydrogens is 254 g/mol. The molecule has 3 rings (SSSR count). The summed E-state index contributed by atoms with van der Waals surface area (Å²) in [6, 6.07) is 7.82. The zero-order valence-electron chi connectivity index (χ0n) is 11.3. The van der Waals surface area contributed by atoms with Gasteiger partial charge in [0.1, 0.15) is 17.7 Å². The Kier molecular flexibility index (Phi) is 3.12. The highest BCUT2D eigenvalue weighted by Crippen LogP contribution is 2.26. The molecule has 2 heterocycles. The number of fused-ring (bicyclic) bond motifs is 1. The first-order chi connectivity index (χ1) is 9.67. The second-order valence-corrected chi connectivity index (χ2v) is 4.64. The molecule has 1 unspecified atom stereocenters. The quantitative estimate of drug-likeness (QED) is 0.767. The van der Waals surface area contributed by atoms with E-state index < -0.39 is 6.10 Å². The first-order valence-electron chi connectivity index (χ1n) is 6.34. The third kappa shape index (κ3) is 2.23. The molecule has 0 saturated carbocycles. The molecule has 2 N–H and O–H groups in total. The molecule has 0 aliphatic heterocycles. The monoisotopic (exact) mass is 269 g/mol. The number of pyridine rings is 1. The van der Waals surface area contributed by atoms with E-state index in [1.54, 1.807) is 26.4 Å². The van der Waals surface area contributed by atoms with Crippen LogP contribution in [-0.4, -0.2) is 27.2 Å². The van der Waals surface area contributed by atoms with E-state index in [1.807, 2.05) is 24.3 Å². The lowest BCUT2D eigenvalue weighted by Crippen LogP contribution is -1.92. The maximum Gasteiger partial charge on any atom is 0.137 e. The minimum atomic E-state index is -0.607. The largest absolute Gasteiger partial charge is 0.495 e. The van der Waals surface area contributed by atoms with Crippen molar-refractivity contribution in [3.63, 3.8) is 0 Å². The number of methoxy groups -OCH3 is 1. The summed E-state index contributed by atoms with van der Waals surface area (Å²) >= 11 is 0. The lowest BCUT2D eigenvalue weighted by Gasteiger charge is -2.04. The first-order valence-corrected chi connectivity index (χ1v) is 6.34. The molecule has 102 valence electrons. The van der Waals surface area contributed by atoms with Crippen LogP contribution >= 0.6 is 0 Å². The average molecular weight is 269 g/mol. The molecule has 0 fully saturated rings.